The summed E-state index contributed by atoms with van der Waals surface area (Å²) in [5.41, 5.74) is 3.27. The average Bonchev–Trinajstić information content (AvgIpc) is 3.32. The third-order valence-electron chi connectivity index (χ3n) is 6.07. The van der Waals surface area contributed by atoms with Gasteiger partial charge in [0.2, 0.25) is 0 Å². The Balaban J connectivity index is 1.50. The van der Waals surface area contributed by atoms with E-state index in [1.807, 2.05) is 73.6 Å². The van der Waals surface area contributed by atoms with Crippen LogP contribution in [0.5, 0.6) is 5.75 Å². The quantitative estimate of drug-likeness (QED) is 0.467. The van der Waals surface area contributed by atoms with Gasteiger partial charge in [0.25, 0.3) is 11.8 Å². The van der Waals surface area contributed by atoms with Crippen molar-refractivity contribution < 1.29 is 14.3 Å². The van der Waals surface area contributed by atoms with Gasteiger partial charge in [-0.25, -0.2) is 0 Å². The van der Waals surface area contributed by atoms with Gasteiger partial charge < -0.3 is 19.9 Å². The van der Waals surface area contributed by atoms with Gasteiger partial charge in [0, 0.05) is 31.1 Å². The Labute approximate surface area is 211 Å². The summed E-state index contributed by atoms with van der Waals surface area (Å²) >= 11 is 1.39. The first-order chi connectivity index (χ1) is 17.0. The van der Waals surface area contributed by atoms with Crippen LogP contribution in [-0.2, 0) is 17.9 Å². The highest BCUT2D eigenvalue weighted by Crippen LogP contribution is 2.36. The molecule has 35 heavy (non-hydrogen) atoms. The van der Waals surface area contributed by atoms with E-state index in [0.717, 1.165) is 54.9 Å². The molecule has 184 valence electrons. The summed E-state index contributed by atoms with van der Waals surface area (Å²) in [5, 5.41) is 3.06. The number of carbonyl (C=O) groups is 2. The third-order valence-corrected chi connectivity index (χ3v) is 7.23. The maximum Gasteiger partial charge on any atom is 0.265 e. The van der Waals surface area contributed by atoms with Crippen LogP contribution in [0.15, 0.2) is 60.7 Å². The number of benzene rings is 2. The van der Waals surface area contributed by atoms with Crippen LogP contribution in [-0.4, -0.2) is 55.4 Å². The lowest BCUT2D eigenvalue weighted by Crippen LogP contribution is -2.38. The van der Waals surface area contributed by atoms with E-state index in [1.54, 1.807) is 0 Å². The molecule has 2 amide bonds. The van der Waals surface area contributed by atoms with Gasteiger partial charge >= 0.3 is 0 Å². The normalized spacial score (nSPS) is 13.6. The molecular weight excluding hydrogens is 458 g/mol. The molecule has 0 radical (unpaired) electrons. The molecular formula is C28H33N3O3S. The fourth-order valence-corrected chi connectivity index (χ4v) is 5.26. The van der Waals surface area contributed by atoms with Crippen molar-refractivity contribution in [3.63, 3.8) is 0 Å². The molecule has 0 bridgehead atoms. The lowest BCUT2D eigenvalue weighted by atomic mass is 10.1. The van der Waals surface area contributed by atoms with Gasteiger partial charge in [-0.3, -0.25) is 9.59 Å². The van der Waals surface area contributed by atoms with E-state index in [0.29, 0.717) is 17.2 Å². The van der Waals surface area contributed by atoms with Crippen LogP contribution in [0, 0.1) is 0 Å². The van der Waals surface area contributed by atoms with Crippen LogP contribution in [0.2, 0.25) is 0 Å². The van der Waals surface area contributed by atoms with E-state index in [1.165, 1.54) is 16.9 Å². The van der Waals surface area contributed by atoms with Crippen molar-refractivity contribution in [1.29, 1.82) is 0 Å². The third kappa shape index (κ3) is 6.71. The zero-order chi connectivity index (χ0) is 24.6. The minimum atomic E-state index is -0.197. The highest BCUT2D eigenvalue weighted by Gasteiger charge is 2.22. The molecule has 7 heteroatoms. The van der Waals surface area contributed by atoms with Gasteiger partial charge in [-0.05, 0) is 56.1 Å². The summed E-state index contributed by atoms with van der Waals surface area (Å²) < 4.78 is 5.96. The maximum absolute atomic E-state index is 13.3. The van der Waals surface area contributed by atoms with E-state index in [9.17, 15) is 9.59 Å². The number of likely N-dealkylation sites (tertiary alicyclic amines) is 1. The number of nitrogens with zero attached hydrogens (tertiary/aromatic N) is 2. The first-order valence-electron chi connectivity index (χ1n) is 12.1. The Morgan fingerprint density at radius 3 is 2.37 bits per heavy atom. The number of piperidine rings is 1. The predicted octanol–water partition coefficient (Wildman–Crippen LogP) is 4.80. The van der Waals surface area contributed by atoms with Gasteiger partial charge in [0.1, 0.15) is 10.6 Å². The standard InChI is InChI=1S/C28H33N3O3S/c1-30(2)19-23-14-8-7-13-22(23)18-29-28(33)27-24(17-25(35-27)21-11-5-3-6-12-21)34-20-26(32)31-15-9-4-10-16-31/h3,5-8,11-14,17H,4,9-10,15-16,18-20H2,1-2H3,(H,29,33). The number of ether oxygens (including phenoxy) is 1. The highest BCUT2D eigenvalue weighted by molar-refractivity contribution is 7.17. The SMILES string of the molecule is CN(C)Cc1ccccc1CNC(=O)c1sc(-c2ccccc2)cc1OCC(=O)N1CCCCC1. The monoisotopic (exact) mass is 491 g/mol. The zero-order valence-electron chi connectivity index (χ0n) is 20.5. The second-order valence-corrected chi connectivity index (χ2v) is 10.1. The summed E-state index contributed by atoms with van der Waals surface area (Å²) in [6.45, 7) is 2.72. The van der Waals surface area contributed by atoms with Crippen LogP contribution < -0.4 is 10.1 Å². The number of rotatable bonds is 9. The number of amides is 2. The van der Waals surface area contributed by atoms with E-state index in [2.05, 4.69) is 16.3 Å². The first kappa shape index (κ1) is 24.9. The van der Waals surface area contributed by atoms with Gasteiger partial charge in [-0.2, -0.15) is 0 Å². The second-order valence-electron chi connectivity index (χ2n) is 9.09. The van der Waals surface area contributed by atoms with Crippen LogP contribution in [0.25, 0.3) is 10.4 Å². The van der Waals surface area contributed by atoms with Crippen LogP contribution in [0.3, 0.4) is 0 Å². The maximum atomic E-state index is 13.3. The molecule has 1 aliphatic heterocycles. The number of hydrogen-bond donors (Lipinski definition) is 1. The van der Waals surface area contributed by atoms with Crippen molar-refractivity contribution in [2.45, 2.75) is 32.4 Å². The Kier molecular flexibility index (Phi) is 8.55. The molecule has 4 rings (SSSR count). The zero-order valence-corrected chi connectivity index (χ0v) is 21.3. The molecule has 6 nitrogen and oxygen atoms in total. The van der Waals surface area contributed by atoms with Crippen molar-refractivity contribution in [1.82, 2.24) is 15.1 Å². The molecule has 1 fully saturated rings. The largest absolute Gasteiger partial charge is 0.482 e. The molecule has 0 aliphatic carbocycles. The van der Waals surface area contributed by atoms with Crippen molar-refractivity contribution in [3.05, 3.63) is 76.7 Å². The minimum Gasteiger partial charge on any atom is -0.482 e. The lowest BCUT2D eigenvalue weighted by Gasteiger charge is -2.26. The lowest BCUT2D eigenvalue weighted by molar-refractivity contribution is -0.134. The number of carbonyl (C=O) groups excluding carboxylic acids is 2. The van der Waals surface area contributed by atoms with E-state index < -0.39 is 0 Å². The fraction of sp³-hybridized carbons (Fsp3) is 0.357. The van der Waals surface area contributed by atoms with Gasteiger partial charge in [-0.1, -0.05) is 54.6 Å². The van der Waals surface area contributed by atoms with E-state index >= 15 is 0 Å². The van der Waals surface area contributed by atoms with E-state index in [-0.39, 0.29) is 18.4 Å². The van der Waals surface area contributed by atoms with Crippen LogP contribution >= 0.6 is 11.3 Å². The second kappa shape index (κ2) is 12.0. The fourth-order valence-electron chi connectivity index (χ4n) is 4.24. The van der Waals surface area contributed by atoms with Crippen molar-refractivity contribution in [2.24, 2.45) is 0 Å². The average molecular weight is 492 g/mol. The molecule has 0 unspecified atom stereocenters. The minimum absolute atomic E-state index is 0.0267. The van der Waals surface area contributed by atoms with Gasteiger partial charge in [0.15, 0.2) is 6.61 Å². The molecule has 2 aromatic carbocycles. The molecule has 1 aliphatic rings. The summed E-state index contributed by atoms with van der Waals surface area (Å²) in [6, 6.07) is 19.9. The Morgan fingerprint density at radius 1 is 0.971 bits per heavy atom. The summed E-state index contributed by atoms with van der Waals surface area (Å²) in [4.78, 5) is 31.3. The van der Waals surface area contributed by atoms with Crippen molar-refractivity contribution >= 4 is 23.2 Å². The molecule has 3 aromatic rings. The topological polar surface area (TPSA) is 61.9 Å². The molecule has 0 atom stereocenters. The van der Waals surface area contributed by atoms with Crippen molar-refractivity contribution in [3.8, 4) is 16.2 Å². The van der Waals surface area contributed by atoms with Gasteiger partial charge in [0.05, 0.1) is 0 Å². The Hall–Kier alpha value is -3.16. The Bertz CT molecular complexity index is 1140. The van der Waals surface area contributed by atoms with Gasteiger partial charge in [-0.15, -0.1) is 11.3 Å². The summed E-state index contributed by atoms with van der Waals surface area (Å²) in [6.07, 6.45) is 3.23. The van der Waals surface area contributed by atoms with Crippen molar-refractivity contribution in [2.75, 3.05) is 33.8 Å². The first-order valence-corrected chi connectivity index (χ1v) is 12.9. The molecule has 1 saturated heterocycles. The summed E-state index contributed by atoms with van der Waals surface area (Å²) in [7, 11) is 4.06. The molecule has 0 spiro atoms. The van der Waals surface area contributed by atoms with Crippen LogP contribution in [0.4, 0.5) is 0 Å². The van der Waals surface area contributed by atoms with E-state index in [4.69, 9.17) is 4.74 Å². The number of hydrogen-bond acceptors (Lipinski definition) is 5. The predicted molar refractivity (Wildman–Crippen MR) is 141 cm³/mol. The molecule has 2 heterocycles. The van der Waals surface area contributed by atoms with Crippen LogP contribution in [0.1, 0.15) is 40.1 Å². The molecule has 0 saturated carbocycles. The number of thiophene rings is 1. The Morgan fingerprint density at radius 2 is 1.66 bits per heavy atom. The molecule has 1 aromatic heterocycles. The number of nitrogens with one attached hydrogen (secondary N) is 1. The molecule has 1 N–H and O–H groups in total. The summed E-state index contributed by atoms with van der Waals surface area (Å²) in [5.74, 6) is 0.233. The smallest absolute Gasteiger partial charge is 0.265 e. The highest BCUT2D eigenvalue weighted by atomic mass is 32.1.